The molecule has 0 radical (unpaired) electrons. The highest BCUT2D eigenvalue weighted by atomic mass is 16.5. The van der Waals surface area contributed by atoms with Gasteiger partial charge >= 0.3 is 0 Å². The molecule has 1 aliphatic rings. The van der Waals surface area contributed by atoms with Gasteiger partial charge in [0.2, 0.25) is 0 Å². The lowest BCUT2D eigenvalue weighted by atomic mass is 10.1. The van der Waals surface area contributed by atoms with Crippen LogP contribution in [0.25, 0.3) is 0 Å². The molecular formula is C27H33N3O3. The monoisotopic (exact) mass is 447 g/mol. The Bertz CT molecular complexity index is 867. The van der Waals surface area contributed by atoms with E-state index in [0.29, 0.717) is 52.7 Å². The quantitative estimate of drug-likeness (QED) is 0.623. The number of aromatic nitrogens is 1. The number of hydrogen-bond donors (Lipinski definition) is 2. The molecule has 2 aromatic carbocycles. The van der Waals surface area contributed by atoms with Gasteiger partial charge in [-0.15, -0.1) is 0 Å². The van der Waals surface area contributed by atoms with E-state index in [9.17, 15) is 0 Å². The van der Waals surface area contributed by atoms with Crippen molar-refractivity contribution in [3.05, 3.63) is 101 Å². The van der Waals surface area contributed by atoms with Crippen LogP contribution in [0.3, 0.4) is 0 Å². The lowest BCUT2D eigenvalue weighted by molar-refractivity contribution is 0.00619. The van der Waals surface area contributed by atoms with E-state index in [0.717, 1.165) is 11.4 Å². The summed E-state index contributed by atoms with van der Waals surface area (Å²) in [5.41, 5.74) is 4.41. The van der Waals surface area contributed by atoms with Gasteiger partial charge in [0, 0.05) is 13.1 Å². The van der Waals surface area contributed by atoms with Crippen LogP contribution in [0, 0.1) is 0 Å². The first-order valence-corrected chi connectivity index (χ1v) is 11.6. The van der Waals surface area contributed by atoms with E-state index in [2.05, 4.69) is 77.4 Å². The molecule has 0 aliphatic carbocycles. The molecular weight excluding hydrogens is 414 g/mol. The van der Waals surface area contributed by atoms with Gasteiger partial charge in [-0.05, 0) is 23.3 Å². The van der Waals surface area contributed by atoms with Gasteiger partial charge in [-0.1, -0.05) is 66.7 Å². The van der Waals surface area contributed by atoms with Gasteiger partial charge in [-0.3, -0.25) is 4.98 Å². The maximum Gasteiger partial charge on any atom is 0.0701 e. The topological polar surface area (TPSA) is 64.6 Å². The molecule has 2 N–H and O–H groups in total. The van der Waals surface area contributed by atoms with Crippen molar-refractivity contribution < 1.29 is 14.2 Å². The zero-order valence-electron chi connectivity index (χ0n) is 19.0. The number of fused-ring (bicyclic) bond motifs is 2. The maximum atomic E-state index is 5.92. The highest BCUT2D eigenvalue weighted by Gasteiger charge is 2.14. The van der Waals surface area contributed by atoms with Crippen LogP contribution in [0.4, 0.5) is 0 Å². The third-order valence-electron chi connectivity index (χ3n) is 5.64. The molecule has 1 aromatic heterocycles. The van der Waals surface area contributed by atoms with Crippen LogP contribution in [0.15, 0.2) is 78.9 Å². The summed E-state index contributed by atoms with van der Waals surface area (Å²) in [5, 5.41) is 7.23. The Balaban J connectivity index is 1.47. The Hall–Kier alpha value is -2.61. The van der Waals surface area contributed by atoms with Crippen molar-refractivity contribution >= 4 is 0 Å². The molecule has 0 saturated carbocycles. The maximum absolute atomic E-state index is 5.92. The number of pyridine rings is 1. The van der Waals surface area contributed by atoms with Crippen molar-refractivity contribution in [2.24, 2.45) is 0 Å². The van der Waals surface area contributed by atoms with Gasteiger partial charge in [0.1, 0.15) is 0 Å². The third-order valence-corrected chi connectivity index (χ3v) is 5.64. The van der Waals surface area contributed by atoms with Crippen LogP contribution in [-0.4, -0.2) is 44.6 Å². The zero-order valence-corrected chi connectivity index (χ0v) is 19.0. The predicted octanol–water partition coefficient (Wildman–Crippen LogP) is 3.81. The lowest BCUT2D eigenvalue weighted by Gasteiger charge is -2.21. The Labute approximate surface area is 196 Å². The van der Waals surface area contributed by atoms with E-state index >= 15 is 0 Å². The van der Waals surface area contributed by atoms with Crippen molar-refractivity contribution in [2.45, 2.75) is 25.2 Å². The van der Waals surface area contributed by atoms with Gasteiger partial charge < -0.3 is 24.8 Å². The minimum Gasteiger partial charge on any atom is -0.377 e. The Morgan fingerprint density at radius 2 is 1.00 bits per heavy atom. The standard InChI is InChI=1S/C27H33N3O3/c1-3-8-22(9-4-1)26-20-32-16-14-31-15-17-33-21-27(23-10-5-2-6-11-23)29-19-25-13-7-12-24(30-25)18-28-26/h1-13,26-29H,14-21H2/t26-,27-/m1/s1. The molecule has 174 valence electrons. The summed E-state index contributed by atoms with van der Waals surface area (Å²) in [6.45, 7) is 4.67. The van der Waals surface area contributed by atoms with Crippen molar-refractivity contribution in [1.29, 1.82) is 0 Å². The number of nitrogens with zero attached hydrogens (tertiary/aromatic N) is 1. The van der Waals surface area contributed by atoms with Crippen LogP contribution >= 0.6 is 0 Å². The summed E-state index contributed by atoms with van der Waals surface area (Å²) in [6.07, 6.45) is 0. The highest BCUT2D eigenvalue weighted by Crippen LogP contribution is 2.16. The normalized spacial score (nSPS) is 21.6. The summed E-state index contributed by atoms with van der Waals surface area (Å²) in [5.74, 6) is 0. The smallest absolute Gasteiger partial charge is 0.0701 e. The van der Waals surface area contributed by atoms with Gasteiger partial charge in [-0.2, -0.15) is 0 Å². The first kappa shape index (κ1) is 23.5. The van der Waals surface area contributed by atoms with Gasteiger partial charge in [-0.25, -0.2) is 0 Å². The Morgan fingerprint density at radius 3 is 1.48 bits per heavy atom. The summed E-state index contributed by atoms with van der Waals surface area (Å²) in [4.78, 5) is 4.87. The molecule has 3 aromatic rings. The van der Waals surface area contributed by atoms with E-state index in [-0.39, 0.29) is 12.1 Å². The summed E-state index contributed by atoms with van der Waals surface area (Å²) in [6, 6.07) is 27.1. The molecule has 6 heteroatoms. The summed E-state index contributed by atoms with van der Waals surface area (Å²) in [7, 11) is 0. The van der Waals surface area contributed by atoms with Crippen molar-refractivity contribution in [2.75, 3.05) is 39.6 Å². The zero-order chi connectivity index (χ0) is 22.6. The number of nitrogens with one attached hydrogen (secondary N) is 2. The first-order valence-electron chi connectivity index (χ1n) is 11.6. The molecule has 2 bridgehead atoms. The average molecular weight is 448 g/mol. The molecule has 1 aliphatic heterocycles. The van der Waals surface area contributed by atoms with E-state index < -0.39 is 0 Å². The molecule has 4 rings (SSSR count). The largest absolute Gasteiger partial charge is 0.377 e. The SMILES string of the molecule is c1ccc([C@H]2COCCOCCOC[C@H](c3ccccc3)NCc3cccc(n3)CN2)cc1. The molecule has 6 nitrogen and oxygen atoms in total. The molecule has 0 saturated heterocycles. The van der Waals surface area contributed by atoms with Crippen molar-refractivity contribution in [3.8, 4) is 0 Å². The molecule has 33 heavy (non-hydrogen) atoms. The van der Waals surface area contributed by atoms with Gasteiger partial charge in [0.15, 0.2) is 0 Å². The van der Waals surface area contributed by atoms with E-state index in [4.69, 9.17) is 19.2 Å². The van der Waals surface area contributed by atoms with Crippen LogP contribution in [0.5, 0.6) is 0 Å². The minimum atomic E-state index is 0.0828. The van der Waals surface area contributed by atoms with Crippen LogP contribution in [0.2, 0.25) is 0 Å². The number of hydrogen-bond acceptors (Lipinski definition) is 6. The van der Waals surface area contributed by atoms with E-state index in [1.165, 1.54) is 11.1 Å². The summed E-state index contributed by atoms with van der Waals surface area (Å²) < 4.78 is 17.5. The molecule has 0 spiro atoms. The van der Waals surface area contributed by atoms with Crippen molar-refractivity contribution in [1.82, 2.24) is 15.6 Å². The molecule has 0 amide bonds. The van der Waals surface area contributed by atoms with Gasteiger partial charge in [0.05, 0.1) is 63.1 Å². The lowest BCUT2D eigenvalue weighted by Crippen LogP contribution is -2.28. The second-order valence-corrected chi connectivity index (χ2v) is 8.07. The second kappa shape index (κ2) is 13.2. The highest BCUT2D eigenvalue weighted by molar-refractivity contribution is 5.21. The third kappa shape index (κ3) is 7.74. The molecule has 0 unspecified atom stereocenters. The molecule has 2 heterocycles. The minimum absolute atomic E-state index is 0.0828. The molecule has 0 fully saturated rings. The van der Waals surface area contributed by atoms with Crippen molar-refractivity contribution in [3.63, 3.8) is 0 Å². The molecule has 2 atom stereocenters. The number of ether oxygens (including phenoxy) is 3. The Morgan fingerprint density at radius 1 is 0.545 bits per heavy atom. The van der Waals surface area contributed by atoms with Crippen LogP contribution in [-0.2, 0) is 27.3 Å². The predicted molar refractivity (Wildman–Crippen MR) is 129 cm³/mol. The fourth-order valence-corrected chi connectivity index (χ4v) is 3.84. The second-order valence-electron chi connectivity index (χ2n) is 8.07. The van der Waals surface area contributed by atoms with E-state index in [1.54, 1.807) is 0 Å². The average Bonchev–Trinajstić information content (AvgIpc) is 2.87. The summed E-state index contributed by atoms with van der Waals surface area (Å²) >= 11 is 0. The fraction of sp³-hybridized carbons (Fsp3) is 0.370. The van der Waals surface area contributed by atoms with Crippen LogP contribution in [0.1, 0.15) is 34.6 Å². The van der Waals surface area contributed by atoms with Gasteiger partial charge in [0.25, 0.3) is 0 Å². The van der Waals surface area contributed by atoms with Crippen LogP contribution < -0.4 is 10.6 Å². The number of rotatable bonds is 2. The number of benzene rings is 2. The van der Waals surface area contributed by atoms with E-state index in [1.807, 2.05) is 12.1 Å². The Kier molecular flexibility index (Phi) is 9.41. The first-order chi connectivity index (χ1) is 16.4. The fourth-order valence-electron chi connectivity index (χ4n) is 3.84.